The van der Waals surface area contributed by atoms with E-state index in [-0.39, 0.29) is 0 Å². The number of hydrogen-bond donors (Lipinski definition) is 2. The fraction of sp³-hybridized carbons (Fsp3) is 1.00. The minimum absolute atomic E-state index is 0.444. The second-order valence-electron chi connectivity index (χ2n) is 3.27. The minimum atomic E-state index is -0.615. The van der Waals surface area contributed by atoms with Gasteiger partial charge in [-0.15, -0.1) is 0 Å². The molecule has 3 nitrogen and oxygen atoms in total. The van der Waals surface area contributed by atoms with Crippen LogP contribution in [-0.2, 0) is 4.74 Å². The molecule has 0 amide bonds. The molecule has 0 saturated carbocycles. The average Bonchev–Trinajstić information content (AvgIpc) is 2.39. The van der Waals surface area contributed by atoms with E-state index in [0.29, 0.717) is 12.3 Å². The Morgan fingerprint density at radius 3 is 2.73 bits per heavy atom. The highest BCUT2D eigenvalue weighted by atomic mass is 16.5. The first-order chi connectivity index (χ1) is 5.20. The van der Waals surface area contributed by atoms with E-state index in [1.807, 2.05) is 0 Å². The Labute approximate surface area is 67.0 Å². The predicted octanol–water partition coefficient (Wildman–Crippen LogP) is 0.155. The van der Waals surface area contributed by atoms with Crippen LogP contribution in [0, 0.1) is 5.92 Å². The smallest absolute Gasteiger partial charge is 0.0799 e. The third kappa shape index (κ3) is 2.77. The summed E-state index contributed by atoms with van der Waals surface area (Å²) in [6, 6.07) is 0. The molecular formula is C8H16O3. The minimum Gasteiger partial charge on any atom is -0.391 e. The Kier molecular flexibility index (Phi) is 3.30. The van der Waals surface area contributed by atoms with E-state index >= 15 is 0 Å². The van der Waals surface area contributed by atoms with Crippen LogP contribution in [0.3, 0.4) is 0 Å². The lowest BCUT2D eigenvalue weighted by molar-refractivity contribution is 0.0148. The molecule has 0 aromatic heterocycles. The SMILES string of the molecule is CC(O)C(O)CC1CCOC1. The van der Waals surface area contributed by atoms with Gasteiger partial charge in [0.15, 0.2) is 0 Å². The summed E-state index contributed by atoms with van der Waals surface area (Å²) in [7, 11) is 0. The van der Waals surface area contributed by atoms with Crippen LogP contribution in [0.2, 0.25) is 0 Å². The molecule has 0 spiro atoms. The summed E-state index contributed by atoms with van der Waals surface area (Å²) in [5, 5.41) is 18.3. The van der Waals surface area contributed by atoms with Crippen molar-refractivity contribution in [1.82, 2.24) is 0 Å². The van der Waals surface area contributed by atoms with Crippen LogP contribution in [0.25, 0.3) is 0 Å². The molecule has 2 N–H and O–H groups in total. The van der Waals surface area contributed by atoms with Crippen molar-refractivity contribution >= 4 is 0 Å². The van der Waals surface area contributed by atoms with Crippen molar-refractivity contribution in [2.75, 3.05) is 13.2 Å². The van der Waals surface area contributed by atoms with E-state index in [1.165, 1.54) is 0 Å². The third-order valence-corrected chi connectivity index (χ3v) is 2.16. The van der Waals surface area contributed by atoms with Gasteiger partial charge in [0.2, 0.25) is 0 Å². The molecule has 0 aliphatic carbocycles. The molecule has 1 fully saturated rings. The third-order valence-electron chi connectivity index (χ3n) is 2.16. The van der Waals surface area contributed by atoms with E-state index < -0.39 is 12.2 Å². The van der Waals surface area contributed by atoms with E-state index in [2.05, 4.69) is 0 Å². The van der Waals surface area contributed by atoms with Crippen molar-refractivity contribution in [2.24, 2.45) is 5.92 Å². The second kappa shape index (κ2) is 4.04. The zero-order valence-electron chi connectivity index (χ0n) is 6.86. The first kappa shape index (κ1) is 8.97. The lowest BCUT2D eigenvalue weighted by Gasteiger charge is -2.16. The van der Waals surface area contributed by atoms with Crippen LogP contribution < -0.4 is 0 Å². The molecule has 0 radical (unpaired) electrons. The van der Waals surface area contributed by atoms with Gasteiger partial charge in [0.1, 0.15) is 0 Å². The summed E-state index contributed by atoms with van der Waals surface area (Å²) < 4.78 is 5.14. The fourth-order valence-corrected chi connectivity index (χ4v) is 1.31. The van der Waals surface area contributed by atoms with Crippen molar-refractivity contribution in [3.05, 3.63) is 0 Å². The van der Waals surface area contributed by atoms with E-state index in [9.17, 15) is 5.11 Å². The summed E-state index contributed by atoms with van der Waals surface area (Å²) in [5.74, 6) is 0.444. The van der Waals surface area contributed by atoms with Gasteiger partial charge >= 0.3 is 0 Å². The van der Waals surface area contributed by atoms with Crippen molar-refractivity contribution in [1.29, 1.82) is 0 Å². The van der Waals surface area contributed by atoms with Gasteiger partial charge in [-0.3, -0.25) is 0 Å². The molecule has 0 aromatic carbocycles. The maximum atomic E-state index is 9.28. The van der Waals surface area contributed by atoms with E-state index in [0.717, 1.165) is 19.6 Å². The maximum Gasteiger partial charge on any atom is 0.0799 e. The quantitative estimate of drug-likeness (QED) is 0.618. The second-order valence-corrected chi connectivity index (χ2v) is 3.27. The molecule has 11 heavy (non-hydrogen) atoms. The van der Waals surface area contributed by atoms with Crippen LogP contribution >= 0.6 is 0 Å². The van der Waals surface area contributed by atoms with Crippen LogP contribution in [-0.4, -0.2) is 35.6 Å². The fourth-order valence-electron chi connectivity index (χ4n) is 1.31. The van der Waals surface area contributed by atoms with E-state index in [1.54, 1.807) is 6.92 Å². The first-order valence-electron chi connectivity index (χ1n) is 4.14. The monoisotopic (exact) mass is 160 g/mol. The number of aliphatic hydroxyl groups is 2. The Hall–Kier alpha value is -0.120. The van der Waals surface area contributed by atoms with Gasteiger partial charge in [-0.25, -0.2) is 0 Å². The van der Waals surface area contributed by atoms with Crippen LogP contribution in [0.5, 0.6) is 0 Å². The highest BCUT2D eigenvalue weighted by Gasteiger charge is 2.21. The van der Waals surface area contributed by atoms with Crippen LogP contribution in [0.15, 0.2) is 0 Å². The molecule has 66 valence electrons. The summed E-state index contributed by atoms with van der Waals surface area (Å²) in [6.07, 6.45) is 0.485. The number of rotatable bonds is 3. The van der Waals surface area contributed by atoms with Crippen LogP contribution in [0.1, 0.15) is 19.8 Å². The summed E-state index contributed by atoms with van der Waals surface area (Å²) in [4.78, 5) is 0. The van der Waals surface area contributed by atoms with Gasteiger partial charge in [-0.1, -0.05) is 0 Å². The molecule has 1 rings (SSSR count). The van der Waals surface area contributed by atoms with Gasteiger partial charge in [0.25, 0.3) is 0 Å². The van der Waals surface area contributed by atoms with Gasteiger partial charge in [-0.05, 0) is 25.7 Å². The predicted molar refractivity (Wildman–Crippen MR) is 41.2 cm³/mol. The van der Waals surface area contributed by atoms with Gasteiger partial charge in [0, 0.05) is 13.2 Å². The molecule has 1 heterocycles. The molecule has 1 saturated heterocycles. The summed E-state index contributed by atoms with van der Waals surface area (Å²) in [6.45, 7) is 3.15. The van der Waals surface area contributed by atoms with Gasteiger partial charge < -0.3 is 14.9 Å². The Bertz CT molecular complexity index is 108. The van der Waals surface area contributed by atoms with Crippen molar-refractivity contribution in [3.63, 3.8) is 0 Å². The number of hydrogen-bond acceptors (Lipinski definition) is 3. The lowest BCUT2D eigenvalue weighted by Crippen LogP contribution is -2.25. The van der Waals surface area contributed by atoms with E-state index in [4.69, 9.17) is 9.84 Å². The highest BCUT2D eigenvalue weighted by Crippen LogP contribution is 2.19. The first-order valence-corrected chi connectivity index (χ1v) is 4.14. The zero-order chi connectivity index (χ0) is 8.27. The molecule has 0 bridgehead atoms. The molecule has 3 unspecified atom stereocenters. The molecule has 0 aromatic rings. The lowest BCUT2D eigenvalue weighted by atomic mass is 9.98. The van der Waals surface area contributed by atoms with Gasteiger partial charge in [0.05, 0.1) is 12.2 Å². The molecule has 1 aliphatic heterocycles. The van der Waals surface area contributed by atoms with Crippen molar-refractivity contribution in [2.45, 2.75) is 32.0 Å². The molecule has 3 atom stereocenters. The van der Waals surface area contributed by atoms with Crippen molar-refractivity contribution in [3.8, 4) is 0 Å². The van der Waals surface area contributed by atoms with Crippen molar-refractivity contribution < 1.29 is 14.9 Å². The maximum absolute atomic E-state index is 9.28. The standard InChI is InChI=1S/C8H16O3/c1-6(9)8(10)4-7-2-3-11-5-7/h6-10H,2-5H2,1H3. The molecule has 1 aliphatic rings. The van der Waals surface area contributed by atoms with Crippen LogP contribution in [0.4, 0.5) is 0 Å². The largest absolute Gasteiger partial charge is 0.391 e. The summed E-state index contributed by atoms with van der Waals surface area (Å²) >= 11 is 0. The Morgan fingerprint density at radius 1 is 1.55 bits per heavy atom. The molecular weight excluding hydrogens is 144 g/mol. The zero-order valence-corrected chi connectivity index (χ0v) is 6.86. The topological polar surface area (TPSA) is 49.7 Å². The summed E-state index contributed by atoms with van der Waals surface area (Å²) in [5.41, 5.74) is 0. The number of aliphatic hydroxyl groups excluding tert-OH is 2. The Morgan fingerprint density at radius 2 is 2.27 bits per heavy atom. The normalized spacial score (nSPS) is 30.3. The average molecular weight is 160 g/mol. The number of ether oxygens (including phenoxy) is 1. The molecule has 3 heteroatoms. The van der Waals surface area contributed by atoms with Gasteiger partial charge in [-0.2, -0.15) is 0 Å². The highest BCUT2D eigenvalue weighted by molar-refractivity contribution is 4.71. The Balaban J connectivity index is 2.18.